The van der Waals surface area contributed by atoms with Gasteiger partial charge in [-0.1, -0.05) is 29.8 Å². The van der Waals surface area contributed by atoms with Crippen LogP contribution in [0.15, 0.2) is 57.1 Å². The van der Waals surface area contributed by atoms with Gasteiger partial charge in [-0.05, 0) is 50.8 Å². The fourth-order valence-corrected chi connectivity index (χ4v) is 4.55. The Labute approximate surface area is 170 Å². The normalized spacial score (nSPS) is 24.2. The monoisotopic (exact) mass is 391 g/mol. The van der Waals surface area contributed by atoms with E-state index in [0.29, 0.717) is 29.9 Å². The maximum atomic E-state index is 13.3. The molecule has 1 aromatic heterocycles. The average Bonchev–Trinajstić information content (AvgIpc) is 3.12. The van der Waals surface area contributed by atoms with Gasteiger partial charge in [-0.15, -0.1) is 0 Å². The van der Waals surface area contributed by atoms with Gasteiger partial charge in [0.2, 0.25) is 0 Å². The lowest BCUT2D eigenvalue weighted by Crippen LogP contribution is -2.41. The summed E-state index contributed by atoms with van der Waals surface area (Å²) in [5.74, 6) is 0.111. The predicted octanol–water partition coefficient (Wildman–Crippen LogP) is 4.64. The SMILES string of the molecule is COC(=O)C1=C(C)N=C2C[C@H](c3ccc(C)cc3)CC(=O)C2[C@H]1c1ccc(C)o1. The molecule has 0 spiro atoms. The Morgan fingerprint density at radius 2 is 1.76 bits per heavy atom. The molecule has 0 saturated heterocycles. The molecule has 5 heteroatoms. The van der Waals surface area contributed by atoms with E-state index in [1.165, 1.54) is 12.7 Å². The Kier molecular flexibility index (Phi) is 4.99. The lowest BCUT2D eigenvalue weighted by atomic mass is 9.67. The quantitative estimate of drug-likeness (QED) is 0.715. The molecule has 0 amide bonds. The minimum atomic E-state index is -0.491. The van der Waals surface area contributed by atoms with Crippen LogP contribution in [0.2, 0.25) is 0 Å². The summed E-state index contributed by atoms with van der Waals surface area (Å²) in [6.07, 6.45) is 1.12. The van der Waals surface area contributed by atoms with E-state index in [4.69, 9.17) is 14.1 Å². The van der Waals surface area contributed by atoms with Gasteiger partial charge in [0.1, 0.15) is 17.3 Å². The number of fused-ring (bicyclic) bond motifs is 1. The fraction of sp³-hybridized carbons (Fsp3) is 0.375. The van der Waals surface area contributed by atoms with E-state index in [1.54, 1.807) is 6.92 Å². The Balaban J connectivity index is 1.77. The van der Waals surface area contributed by atoms with Crippen LogP contribution in [0.25, 0.3) is 0 Å². The number of allylic oxidation sites excluding steroid dienone is 1. The molecule has 29 heavy (non-hydrogen) atoms. The minimum absolute atomic E-state index is 0.0912. The molecule has 1 unspecified atom stereocenters. The summed E-state index contributed by atoms with van der Waals surface area (Å²) in [4.78, 5) is 30.6. The topological polar surface area (TPSA) is 68.9 Å². The van der Waals surface area contributed by atoms with Gasteiger partial charge in [0.25, 0.3) is 0 Å². The number of benzene rings is 1. The van der Waals surface area contributed by atoms with Crippen LogP contribution in [0.5, 0.6) is 0 Å². The van der Waals surface area contributed by atoms with Crippen LogP contribution in [-0.4, -0.2) is 24.6 Å². The van der Waals surface area contributed by atoms with Gasteiger partial charge in [0.15, 0.2) is 0 Å². The summed E-state index contributed by atoms with van der Waals surface area (Å²) in [5.41, 5.74) is 4.18. The molecule has 0 bridgehead atoms. The molecule has 1 fully saturated rings. The molecule has 1 aromatic carbocycles. The molecule has 0 radical (unpaired) electrons. The van der Waals surface area contributed by atoms with Crippen molar-refractivity contribution in [1.29, 1.82) is 0 Å². The molecule has 1 aliphatic heterocycles. The number of carbonyl (C=O) groups excluding carboxylic acids is 2. The smallest absolute Gasteiger partial charge is 0.336 e. The summed E-state index contributed by atoms with van der Waals surface area (Å²) >= 11 is 0. The number of carbonyl (C=O) groups is 2. The van der Waals surface area contributed by atoms with E-state index in [9.17, 15) is 9.59 Å². The summed E-state index contributed by atoms with van der Waals surface area (Å²) in [5, 5.41) is 0. The summed E-state index contributed by atoms with van der Waals surface area (Å²) in [7, 11) is 1.35. The third-order valence-corrected chi connectivity index (χ3v) is 5.98. The van der Waals surface area contributed by atoms with Crippen molar-refractivity contribution in [2.45, 2.75) is 45.4 Å². The van der Waals surface area contributed by atoms with Gasteiger partial charge in [0.05, 0.1) is 24.5 Å². The molecule has 4 rings (SSSR count). The molecule has 1 aliphatic carbocycles. The number of rotatable bonds is 3. The highest BCUT2D eigenvalue weighted by Crippen LogP contribution is 2.46. The van der Waals surface area contributed by atoms with Crippen molar-refractivity contribution in [3.63, 3.8) is 0 Å². The zero-order valence-corrected chi connectivity index (χ0v) is 17.2. The Morgan fingerprint density at radius 3 is 2.38 bits per heavy atom. The third-order valence-electron chi connectivity index (χ3n) is 5.98. The molecule has 1 saturated carbocycles. The first-order valence-corrected chi connectivity index (χ1v) is 9.91. The first-order valence-electron chi connectivity index (χ1n) is 9.91. The predicted molar refractivity (Wildman–Crippen MR) is 110 cm³/mol. The molecule has 2 heterocycles. The average molecular weight is 391 g/mol. The van der Waals surface area contributed by atoms with E-state index in [1.807, 2.05) is 19.1 Å². The highest BCUT2D eigenvalue weighted by molar-refractivity contribution is 6.12. The second kappa shape index (κ2) is 7.47. The first-order chi connectivity index (χ1) is 13.9. The summed E-state index contributed by atoms with van der Waals surface area (Å²) in [6, 6.07) is 12.0. The van der Waals surface area contributed by atoms with Crippen LogP contribution in [0.3, 0.4) is 0 Å². The molecule has 5 nitrogen and oxygen atoms in total. The number of ether oxygens (including phenoxy) is 1. The minimum Gasteiger partial charge on any atom is -0.466 e. The second-order valence-electron chi connectivity index (χ2n) is 7.98. The van der Waals surface area contributed by atoms with Gasteiger partial charge in [0, 0.05) is 17.8 Å². The van der Waals surface area contributed by atoms with Crippen molar-refractivity contribution in [2.24, 2.45) is 10.9 Å². The summed E-state index contributed by atoms with van der Waals surface area (Å²) < 4.78 is 10.9. The van der Waals surface area contributed by atoms with Crippen LogP contribution < -0.4 is 0 Å². The molecule has 3 atom stereocenters. The number of furan rings is 1. The number of esters is 1. The number of aliphatic imine (C=N–C) groups is 1. The maximum Gasteiger partial charge on any atom is 0.336 e. The molecule has 2 aromatic rings. The van der Waals surface area contributed by atoms with Crippen LogP contribution in [0, 0.1) is 19.8 Å². The van der Waals surface area contributed by atoms with Crippen molar-refractivity contribution in [1.82, 2.24) is 0 Å². The van der Waals surface area contributed by atoms with Crippen molar-refractivity contribution in [2.75, 3.05) is 7.11 Å². The second-order valence-corrected chi connectivity index (χ2v) is 7.98. The largest absolute Gasteiger partial charge is 0.466 e. The zero-order valence-electron chi connectivity index (χ0n) is 17.2. The van der Waals surface area contributed by atoms with E-state index in [0.717, 1.165) is 17.0 Å². The van der Waals surface area contributed by atoms with Crippen molar-refractivity contribution >= 4 is 17.5 Å². The van der Waals surface area contributed by atoms with Crippen molar-refractivity contribution < 1.29 is 18.7 Å². The van der Waals surface area contributed by atoms with Crippen molar-refractivity contribution in [3.05, 3.63) is 70.3 Å². The van der Waals surface area contributed by atoms with E-state index >= 15 is 0 Å². The maximum absolute atomic E-state index is 13.3. The number of methoxy groups -OCH3 is 1. The van der Waals surface area contributed by atoms with Gasteiger partial charge < -0.3 is 9.15 Å². The number of Topliss-reactive ketones (excluding diaryl/α,β-unsaturated/α-hetero) is 1. The Bertz CT molecular complexity index is 1030. The first kappa shape index (κ1) is 19.4. The van der Waals surface area contributed by atoms with Gasteiger partial charge >= 0.3 is 5.97 Å². The van der Waals surface area contributed by atoms with Gasteiger partial charge in [-0.2, -0.15) is 0 Å². The fourth-order valence-electron chi connectivity index (χ4n) is 4.55. The molecular weight excluding hydrogens is 366 g/mol. The van der Waals surface area contributed by atoms with Gasteiger partial charge in [-0.3, -0.25) is 9.79 Å². The highest BCUT2D eigenvalue weighted by atomic mass is 16.5. The standard InChI is InChI=1S/C24H25NO4/c1-13-5-8-16(9-6-13)17-11-18-22(19(26)12-17)23(20-10-7-14(2)29-20)21(15(3)25-18)24(27)28-4/h5-10,17,22-23H,11-12H2,1-4H3/t17-,22?,23-/m0/s1. The lowest BCUT2D eigenvalue weighted by molar-refractivity contribution is -0.136. The third kappa shape index (κ3) is 3.46. The number of nitrogens with zero attached hydrogens (tertiary/aromatic N) is 1. The lowest BCUT2D eigenvalue weighted by Gasteiger charge is -2.37. The summed E-state index contributed by atoms with van der Waals surface area (Å²) in [6.45, 7) is 5.71. The van der Waals surface area contributed by atoms with E-state index in [-0.39, 0.29) is 11.7 Å². The number of ketones is 1. The zero-order chi connectivity index (χ0) is 20.7. The van der Waals surface area contributed by atoms with Crippen LogP contribution in [0.1, 0.15) is 54.2 Å². The Hall–Kier alpha value is -2.95. The molecule has 150 valence electrons. The van der Waals surface area contributed by atoms with Crippen LogP contribution in [0.4, 0.5) is 0 Å². The number of hydrogen-bond donors (Lipinski definition) is 0. The van der Waals surface area contributed by atoms with E-state index < -0.39 is 17.8 Å². The van der Waals surface area contributed by atoms with Crippen molar-refractivity contribution in [3.8, 4) is 0 Å². The highest BCUT2D eigenvalue weighted by Gasteiger charge is 2.47. The number of hydrogen-bond acceptors (Lipinski definition) is 5. The molecular formula is C24H25NO4. The van der Waals surface area contributed by atoms with E-state index in [2.05, 4.69) is 31.2 Å². The van der Waals surface area contributed by atoms with Crippen LogP contribution >= 0.6 is 0 Å². The Morgan fingerprint density at radius 1 is 1.03 bits per heavy atom. The molecule has 0 N–H and O–H groups in total. The molecule has 2 aliphatic rings. The number of aryl methyl sites for hydroxylation is 2. The van der Waals surface area contributed by atoms with Crippen LogP contribution in [-0.2, 0) is 14.3 Å². The van der Waals surface area contributed by atoms with Gasteiger partial charge in [-0.25, -0.2) is 4.79 Å².